The molecule has 0 atom stereocenters. The molecule has 0 fully saturated rings. The van der Waals surface area contributed by atoms with Crippen LogP contribution in [-0.2, 0) is 25.4 Å². The Morgan fingerprint density at radius 1 is 1.25 bits per heavy atom. The van der Waals surface area contributed by atoms with Gasteiger partial charge >= 0.3 is 0 Å². The van der Waals surface area contributed by atoms with Crippen LogP contribution in [-0.4, -0.2) is 36.9 Å². The minimum atomic E-state index is -0.299. The fourth-order valence-electron chi connectivity index (χ4n) is 3.49. The van der Waals surface area contributed by atoms with Crippen LogP contribution in [0.1, 0.15) is 5.56 Å². The summed E-state index contributed by atoms with van der Waals surface area (Å²) in [5.41, 5.74) is 3.61. The highest BCUT2D eigenvalue weighted by Crippen LogP contribution is 2.28. The van der Waals surface area contributed by atoms with E-state index in [2.05, 4.69) is 27.3 Å². The second-order valence-corrected chi connectivity index (χ2v) is 7.27. The zero-order valence-electron chi connectivity index (χ0n) is 18.0. The third-order valence-corrected chi connectivity index (χ3v) is 4.93. The molecule has 164 valence electrons. The summed E-state index contributed by atoms with van der Waals surface area (Å²) < 4.78 is 10.3. The molecule has 1 aromatic carbocycles. The van der Waals surface area contributed by atoms with Gasteiger partial charge in [0.05, 0.1) is 31.9 Å². The molecule has 0 spiro atoms. The molecule has 10 nitrogen and oxygen atoms in total. The number of rotatable bonds is 7. The van der Waals surface area contributed by atoms with E-state index in [0.717, 1.165) is 5.56 Å². The van der Waals surface area contributed by atoms with Crippen LogP contribution in [0, 0.1) is 0 Å². The van der Waals surface area contributed by atoms with Crippen molar-refractivity contribution in [2.45, 2.75) is 6.54 Å². The lowest BCUT2D eigenvalue weighted by Gasteiger charge is -2.13. The summed E-state index contributed by atoms with van der Waals surface area (Å²) in [5, 5.41) is 10.3. The van der Waals surface area contributed by atoms with Crippen LogP contribution in [0.3, 0.4) is 0 Å². The predicted octanol–water partition coefficient (Wildman–Crippen LogP) is 2.39. The largest absolute Gasteiger partial charge is 0.478 e. The second kappa shape index (κ2) is 8.42. The quantitative estimate of drug-likeness (QED) is 0.433. The number of methoxy groups -OCH3 is 1. The van der Waals surface area contributed by atoms with Crippen LogP contribution in [0.15, 0.2) is 60.4 Å². The number of nitrogens with zero attached hydrogens (tertiary/aromatic N) is 5. The first-order valence-electron chi connectivity index (χ1n) is 9.81. The number of anilines is 3. The van der Waals surface area contributed by atoms with Gasteiger partial charge in [-0.1, -0.05) is 18.7 Å². The van der Waals surface area contributed by atoms with Gasteiger partial charge in [-0.25, -0.2) is 4.98 Å². The highest BCUT2D eigenvalue weighted by molar-refractivity contribution is 5.98. The molecule has 0 aliphatic rings. The van der Waals surface area contributed by atoms with Crippen LogP contribution < -0.4 is 20.9 Å². The summed E-state index contributed by atoms with van der Waals surface area (Å²) in [7, 11) is 5.12. The maximum absolute atomic E-state index is 13.2. The number of carbonyl (C=O) groups excluding carboxylic acids is 1. The van der Waals surface area contributed by atoms with E-state index in [1.165, 1.54) is 6.08 Å². The summed E-state index contributed by atoms with van der Waals surface area (Å²) in [4.78, 5) is 29.2. The molecule has 1 amide bonds. The Labute approximate surface area is 183 Å². The molecule has 32 heavy (non-hydrogen) atoms. The molecule has 0 radical (unpaired) electrons. The minimum absolute atomic E-state index is 0.177. The normalized spacial score (nSPS) is 10.8. The monoisotopic (exact) mass is 433 g/mol. The number of imidazole rings is 1. The number of fused-ring (bicyclic) bond motifs is 1. The molecule has 3 aromatic heterocycles. The highest BCUT2D eigenvalue weighted by Gasteiger charge is 2.16. The number of nitrogens with one attached hydrogen (secondary N) is 2. The first-order valence-corrected chi connectivity index (χ1v) is 9.81. The maximum atomic E-state index is 13.2. The average Bonchev–Trinajstić information content (AvgIpc) is 3.33. The minimum Gasteiger partial charge on any atom is -0.478 e. The van der Waals surface area contributed by atoms with Gasteiger partial charge in [-0.15, -0.1) is 5.10 Å². The number of pyridine rings is 1. The zero-order chi connectivity index (χ0) is 22.8. The van der Waals surface area contributed by atoms with Gasteiger partial charge in [0, 0.05) is 26.0 Å². The summed E-state index contributed by atoms with van der Waals surface area (Å²) >= 11 is 0. The van der Waals surface area contributed by atoms with Crippen LogP contribution in [0.2, 0.25) is 0 Å². The summed E-state index contributed by atoms with van der Waals surface area (Å²) in [6, 6.07) is 7.31. The smallest absolute Gasteiger partial charge is 0.277 e. The lowest BCUT2D eigenvalue weighted by Crippen LogP contribution is -2.22. The van der Waals surface area contributed by atoms with Gasteiger partial charge in [-0.05, 0) is 23.8 Å². The van der Waals surface area contributed by atoms with Gasteiger partial charge < -0.3 is 24.5 Å². The standard InChI is InChI=1S/C22H23N7O3/c1-5-18(30)24-15-8-6-7-14(9-15)10-29-12-16(19-20(22(29)31)27(2)13-23-19)25-17-11-28(3)26-21(17)32-4/h5-9,11-13,25H,1,10H2,2-4H3,(H,24,30). The van der Waals surface area contributed by atoms with E-state index in [1.807, 2.05) is 18.2 Å². The molecular weight excluding hydrogens is 410 g/mol. The van der Waals surface area contributed by atoms with E-state index in [-0.39, 0.29) is 11.5 Å². The van der Waals surface area contributed by atoms with Crippen molar-refractivity contribution < 1.29 is 9.53 Å². The van der Waals surface area contributed by atoms with Gasteiger partial charge in [-0.3, -0.25) is 14.3 Å². The molecule has 0 saturated heterocycles. The summed E-state index contributed by atoms with van der Waals surface area (Å²) in [6.07, 6.45) is 6.32. The Morgan fingerprint density at radius 2 is 2.06 bits per heavy atom. The van der Waals surface area contributed by atoms with E-state index in [9.17, 15) is 9.59 Å². The van der Waals surface area contributed by atoms with Gasteiger partial charge in [0.1, 0.15) is 16.7 Å². The molecular formula is C22H23N7O3. The number of carbonyl (C=O) groups is 1. The van der Waals surface area contributed by atoms with E-state index in [1.54, 1.807) is 59.8 Å². The number of hydrogen-bond donors (Lipinski definition) is 2. The molecule has 2 N–H and O–H groups in total. The predicted molar refractivity (Wildman–Crippen MR) is 122 cm³/mol. The van der Waals surface area contributed by atoms with Gasteiger partial charge in [0.2, 0.25) is 5.91 Å². The fourth-order valence-corrected chi connectivity index (χ4v) is 3.49. The Balaban J connectivity index is 1.75. The first kappa shape index (κ1) is 20.9. The topological polar surface area (TPSA) is 108 Å². The molecule has 3 heterocycles. The van der Waals surface area contributed by atoms with Crippen molar-refractivity contribution in [2.75, 3.05) is 17.7 Å². The Kier molecular flexibility index (Phi) is 5.50. The van der Waals surface area contributed by atoms with Crippen molar-refractivity contribution in [3.8, 4) is 5.88 Å². The third kappa shape index (κ3) is 3.97. The zero-order valence-corrected chi connectivity index (χ0v) is 18.0. The van der Waals surface area contributed by atoms with Crippen LogP contribution in [0.25, 0.3) is 11.0 Å². The Morgan fingerprint density at radius 3 is 2.81 bits per heavy atom. The highest BCUT2D eigenvalue weighted by atomic mass is 16.5. The van der Waals surface area contributed by atoms with E-state index < -0.39 is 0 Å². The van der Waals surface area contributed by atoms with Gasteiger partial charge in [0.15, 0.2) is 0 Å². The number of aryl methyl sites for hydroxylation is 2. The number of aromatic nitrogens is 5. The number of ether oxygens (including phenoxy) is 1. The fraction of sp³-hybridized carbons (Fsp3) is 0.182. The number of benzene rings is 1. The van der Waals surface area contributed by atoms with Crippen LogP contribution in [0.5, 0.6) is 5.88 Å². The van der Waals surface area contributed by atoms with Crippen molar-refractivity contribution in [2.24, 2.45) is 14.1 Å². The van der Waals surface area contributed by atoms with E-state index in [0.29, 0.717) is 40.5 Å². The third-order valence-electron chi connectivity index (χ3n) is 4.93. The average molecular weight is 433 g/mol. The second-order valence-electron chi connectivity index (χ2n) is 7.27. The molecule has 4 aromatic rings. The van der Waals surface area contributed by atoms with Crippen molar-refractivity contribution in [3.05, 3.63) is 71.6 Å². The lowest BCUT2D eigenvalue weighted by molar-refractivity contribution is -0.111. The SMILES string of the molecule is C=CC(=O)Nc1cccc(Cn2cc(Nc3cn(C)nc3OC)c3ncn(C)c3c2=O)c1. The van der Waals surface area contributed by atoms with Gasteiger partial charge in [-0.2, -0.15) is 0 Å². The lowest BCUT2D eigenvalue weighted by atomic mass is 10.2. The van der Waals surface area contributed by atoms with Crippen molar-refractivity contribution in [3.63, 3.8) is 0 Å². The summed E-state index contributed by atoms with van der Waals surface area (Å²) in [5.74, 6) is 0.132. The molecule has 0 aliphatic carbocycles. The van der Waals surface area contributed by atoms with Crippen molar-refractivity contribution in [1.82, 2.24) is 23.9 Å². The Hall–Kier alpha value is -4.34. The number of hydrogen-bond acceptors (Lipinski definition) is 6. The van der Waals surface area contributed by atoms with Crippen molar-refractivity contribution in [1.29, 1.82) is 0 Å². The van der Waals surface area contributed by atoms with Crippen LogP contribution >= 0.6 is 0 Å². The van der Waals surface area contributed by atoms with Crippen LogP contribution in [0.4, 0.5) is 17.1 Å². The maximum Gasteiger partial charge on any atom is 0.277 e. The molecule has 0 unspecified atom stereocenters. The Bertz CT molecular complexity index is 1380. The van der Waals surface area contributed by atoms with Crippen molar-refractivity contribution >= 4 is 34.0 Å². The molecule has 10 heteroatoms. The summed E-state index contributed by atoms with van der Waals surface area (Å²) in [6.45, 7) is 3.76. The molecule has 0 aliphatic heterocycles. The first-order chi connectivity index (χ1) is 15.4. The van der Waals surface area contributed by atoms with E-state index >= 15 is 0 Å². The molecule has 4 rings (SSSR count). The van der Waals surface area contributed by atoms with E-state index in [4.69, 9.17) is 4.74 Å². The number of amides is 1. The van der Waals surface area contributed by atoms with Gasteiger partial charge in [0.25, 0.3) is 11.4 Å². The molecule has 0 bridgehead atoms. The molecule has 0 saturated carbocycles.